The predicted molar refractivity (Wildman–Crippen MR) is 42.9 cm³/mol. The van der Waals surface area contributed by atoms with Crippen molar-refractivity contribution in [1.29, 1.82) is 0 Å². The third-order valence-corrected chi connectivity index (χ3v) is 1.34. The number of aliphatic hydroxyl groups is 4. The summed E-state index contributed by atoms with van der Waals surface area (Å²) >= 11 is 0. The van der Waals surface area contributed by atoms with Crippen molar-refractivity contribution < 1.29 is 25.9 Å². The van der Waals surface area contributed by atoms with Crippen LogP contribution < -0.4 is 0 Å². The molecule has 0 aliphatic carbocycles. The average Bonchev–Trinajstić information content (AvgIpc) is 1.95. The zero-order valence-electron chi connectivity index (χ0n) is 5.62. The number of hydrogen-bond acceptors (Lipinski definition) is 4. The van der Waals surface area contributed by atoms with Gasteiger partial charge in [-0.3, -0.25) is 0 Å². The Morgan fingerprint density at radius 3 is 0.909 bits per heavy atom. The van der Waals surface area contributed by atoms with Crippen molar-refractivity contribution in [3.05, 3.63) is 0 Å². The average molecular weight is 180 g/mol. The van der Waals surface area contributed by atoms with Crippen LogP contribution in [0.4, 0.5) is 0 Å². The molecule has 0 amide bonds. The molecule has 0 unspecified atom stereocenters. The first-order valence-electron chi connectivity index (χ1n) is 2.68. The molecule has 0 heterocycles. The van der Waals surface area contributed by atoms with Gasteiger partial charge in [-0.25, -0.2) is 0 Å². The van der Waals surface area contributed by atoms with Gasteiger partial charge in [-0.1, -0.05) is 0 Å². The van der Waals surface area contributed by atoms with Crippen molar-refractivity contribution in [1.82, 2.24) is 0 Å². The molecule has 68 valence electrons. The highest BCUT2D eigenvalue weighted by atomic mass is 24.3. The molecule has 0 bridgehead atoms. The molecular formula is C5H16MgO5. The molecule has 11 heavy (non-hydrogen) atoms. The lowest BCUT2D eigenvalue weighted by Gasteiger charge is -2.23. The van der Waals surface area contributed by atoms with E-state index in [0.29, 0.717) is 0 Å². The van der Waals surface area contributed by atoms with Crippen molar-refractivity contribution in [2.75, 3.05) is 26.4 Å². The van der Waals surface area contributed by atoms with Crippen molar-refractivity contribution in [2.24, 2.45) is 5.41 Å². The van der Waals surface area contributed by atoms with Gasteiger partial charge in [0.05, 0.1) is 31.8 Å². The van der Waals surface area contributed by atoms with Gasteiger partial charge in [0.1, 0.15) is 0 Å². The molecule has 0 atom stereocenters. The second-order valence-corrected chi connectivity index (χ2v) is 2.13. The standard InChI is InChI=1S/C5H12O4.Mg.H2O.2H/c6-1-5(2-7,3-8)4-9;;;;/h6-9H,1-4H2;;1H2;;. The van der Waals surface area contributed by atoms with E-state index >= 15 is 0 Å². The van der Waals surface area contributed by atoms with Crippen LogP contribution in [0, 0.1) is 5.41 Å². The molecule has 0 aliphatic rings. The molecule has 0 aromatic heterocycles. The number of hydrogen-bond donors (Lipinski definition) is 4. The van der Waals surface area contributed by atoms with Crippen LogP contribution in [0.25, 0.3) is 0 Å². The summed E-state index contributed by atoms with van der Waals surface area (Å²) in [5, 5.41) is 34.0. The van der Waals surface area contributed by atoms with E-state index in [9.17, 15) is 0 Å². The summed E-state index contributed by atoms with van der Waals surface area (Å²) < 4.78 is 0. The summed E-state index contributed by atoms with van der Waals surface area (Å²) in [6.45, 7) is -1.62. The topological polar surface area (TPSA) is 112 Å². The molecule has 0 saturated heterocycles. The first kappa shape index (κ1) is 17.6. The molecule has 0 fully saturated rings. The Kier molecular flexibility index (Phi) is 13.9. The van der Waals surface area contributed by atoms with E-state index in [2.05, 4.69) is 0 Å². The van der Waals surface area contributed by atoms with Gasteiger partial charge in [0.15, 0.2) is 0 Å². The first-order valence-corrected chi connectivity index (χ1v) is 2.68. The molecule has 0 radical (unpaired) electrons. The molecule has 6 heteroatoms. The van der Waals surface area contributed by atoms with E-state index in [1.807, 2.05) is 0 Å². The Hall–Kier alpha value is 0.566. The van der Waals surface area contributed by atoms with E-state index in [4.69, 9.17) is 20.4 Å². The van der Waals surface area contributed by atoms with E-state index in [1.165, 1.54) is 0 Å². The summed E-state index contributed by atoms with van der Waals surface area (Å²) in [6.07, 6.45) is 0. The maximum absolute atomic E-state index is 8.50. The van der Waals surface area contributed by atoms with Crippen molar-refractivity contribution in [3.63, 3.8) is 0 Å². The monoisotopic (exact) mass is 180 g/mol. The SMILES string of the molecule is O.OCC(CO)(CO)CO.[MgH2]. The zero-order valence-corrected chi connectivity index (χ0v) is 5.62. The van der Waals surface area contributed by atoms with Crippen LogP contribution in [0.5, 0.6) is 0 Å². The van der Waals surface area contributed by atoms with Gasteiger partial charge >= 0.3 is 23.1 Å². The van der Waals surface area contributed by atoms with Crippen LogP contribution in [0.15, 0.2) is 0 Å². The van der Waals surface area contributed by atoms with E-state index < -0.39 is 31.8 Å². The summed E-state index contributed by atoms with van der Waals surface area (Å²) in [6, 6.07) is 0. The highest BCUT2D eigenvalue weighted by molar-refractivity contribution is 5.75. The smallest absolute Gasteiger partial charge is 0.316 e. The molecule has 6 N–H and O–H groups in total. The second-order valence-electron chi connectivity index (χ2n) is 2.13. The van der Waals surface area contributed by atoms with Gasteiger partial charge in [-0.15, -0.1) is 0 Å². The molecule has 0 rings (SSSR count). The predicted octanol–water partition coefficient (Wildman–Crippen LogP) is -3.80. The normalized spacial score (nSPS) is 9.82. The zero-order chi connectivity index (χ0) is 7.33. The quantitative estimate of drug-likeness (QED) is 0.332. The number of aliphatic hydroxyl groups excluding tert-OH is 4. The lowest BCUT2D eigenvalue weighted by atomic mass is 9.93. The van der Waals surface area contributed by atoms with Gasteiger partial charge in [0.25, 0.3) is 0 Å². The maximum atomic E-state index is 8.50. The fourth-order valence-electron chi connectivity index (χ4n) is 0.300. The minimum Gasteiger partial charge on any atom is -0.412 e. The summed E-state index contributed by atoms with van der Waals surface area (Å²) in [5.41, 5.74) is -1.11. The first-order chi connectivity index (χ1) is 4.24. The fourth-order valence-corrected chi connectivity index (χ4v) is 0.300. The molecule has 0 aromatic rings. The van der Waals surface area contributed by atoms with Crippen LogP contribution in [0.3, 0.4) is 0 Å². The maximum Gasteiger partial charge on any atom is 0.316 e. The third kappa shape index (κ3) is 4.91. The van der Waals surface area contributed by atoms with Gasteiger partial charge in [0, 0.05) is 0 Å². The Balaban J connectivity index is -0.000000320. The van der Waals surface area contributed by atoms with Crippen LogP contribution >= 0.6 is 0 Å². The van der Waals surface area contributed by atoms with E-state index in [1.54, 1.807) is 0 Å². The van der Waals surface area contributed by atoms with Gasteiger partial charge in [-0.05, 0) is 0 Å². The molecule has 5 nitrogen and oxygen atoms in total. The summed E-state index contributed by atoms with van der Waals surface area (Å²) in [4.78, 5) is 0. The Bertz CT molecular complexity index is 57.8. The Morgan fingerprint density at radius 1 is 0.727 bits per heavy atom. The lowest BCUT2D eigenvalue weighted by Crippen LogP contribution is -2.37. The van der Waals surface area contributed by atoms with Crippen LogP contribution in [-0.4, -0.2) is 75.4 Å². The molecule has 0 aliphatic heterocycles. The lowest BCUT2D eigenvalue weighted by molar-refractivity contribution is -0.0328. The molecule has 0 aromatic carbocycles. The minimum absolute atomic E-state index is 0. The summed E-state index contributed by atoms with van der Waals surface area (Å²) in [5.74, 6) is 0. The molecule has 0 spiro atoms. The van der Waals surface area contributed by atoms with Crippen LogP contribution in [0.1, 0.15) is 0 Å². The summed E-state index contributed by atoms with van der Waals surface area (Å²) in [7, 11) is 0. The minimum atomic E-state index is -1.11. The van der Waals surface area contributed by atoms with Crippen molar-refractivity contribution >= 4 is 23.1 Å². The van der Waals surface area contributed by atoms with Gasteiger partial charge in [0.2, 0.25) is 0 Å². The largest absolute Gasteiger partial charge is 0.412 e. The van der Waals surface area contributed by atoms with E-state index in [0.717, 1.165) is 0 Å². The second kappa shape index (κ2) is 8.66. The van der Waals surface area contributed by atoms with Gasteiger partial charge < -0.3 is 25.9 Å². The highest BCUT2D eigenvalue weighted by Crippen LogP contribution is 2.11. The van der Waals surface area contributed by atoms with Crippen molar-refractivity contribution in [2.45, 2.75) is 0 Å². The fraction of sp³-hybridized carbons (Fsp3) is 1.00. The van der Waals surface area contributed by atoms with Gasteiger partial charge in [-0.2, -0.15) is 0 Å². The van der Waals surface area contributed by atoms with Crippen LogP contribution in [-0.2, 0) is 0 Å². The highest BCUT2D eigenvalue weighted by Gasteiger charge is 2.26. The van der Waals surface area contributed by atoms with Crippen LogP contribution in [0.2, 0.25) is 0 Å². The van der Waals surface area contributed by atoms with E-state index in [-0.39, 0.29) is 28.5 Å². The third-order valence-electron chi connectivity index (χ3n) is 1.34. The number of rotatable bonds is 4. The Labute approximate surface area is 81.1 Å². The molecular weight excluding hydrogens is 164 g/mol. The molecule has 0 saturated carbocycles. The van der Waals surface area contributed by atoms with Crippen molar-refractivity contribution in [3.8, 4) is 0 Å². The Morgan fingerprint density at radius 2 is 0.909 bits per heavy atom.